The van der Waals surface area contributed by atoms with E-state index < -0.39 is 0 Å². The summed E-state index contributed by atoms with van der Waals surface area (Å²) in [4.78, 5) is 13.4. The Hall–Kier alpha value is -0.780. The number of halogens is 1. The van der Waals surface area contributed by atoms with Crippen LogP contribution in [0.15, 0.2) is 22.6 Å². The third kappa shape index (κ3) is 3.66. The summed E-state index contributed by atoms with van der Waals surface area (Å²) in [6.07, 6.45) is 4.19. The van der Waals surface area contributed by atoms with Crippen LogP contribution in [0.4, 0.5) is 0 Å². The Balaban J connectivity index is 2.60. The zero-order valence-corrected chi connectivity index (χ0v) is 11.9. The lowest BCUT2D eigenvalue weighted by molar-refractivity contribution is -0.126. The summed E-state index contributed by atoms with van der Waals surface area (Å²) in [6.45, 7) is 4.09. The average molecular weight is 333 g/mol. The van der Waals surface area contributed by atoms with Gasteiger partial charge in [-0.1, -0.05) is 6.92 Å². The van der Waals surface area contributed by atoms with Crippen molar-refractivity contribution in [1.82, 2.24) is 4.90 Å². The van der Waals surface area contributed by atoms with Crippen LogP contribution in [0.2, 0.25) is 0 Å². The first kappa shape index (κ1) is 13.3. The van der Waals surface area contributed by atoms with E-state index >= 15 is 0 Å². The molecule has 4 heteroatoms. The number of hydrogen-bond donors (Lipinski definition) is 0. The molecule has 1 aromatic heterocycles. The van der Waals surface area contributed by atoms with Gasteiger partial charge in [-0.2, -0.15) is 0 Å². The van der Waals surface area contributed by atoms with Gasteiger partial charge in [0.05, 0.1) is 0 Å². The summed E-state index contributed by atoms with van der Waals surface area (Å²) in [5.41, 5.74) is 0. The number of carbonyl (C=O) groups is 1. The first-order chi connectivity index (χ1) is 7.54. The largest absolute Gasteiger partial charge is 0.451 e. The summed E-state index contributed by atoms with van der Waals surface area (Å²) < 4.78 is 6.15. The molecule has 0 aromatic carbocycles. The molecule has 1 aromatic rings. The fourth-order valence-corrected chi connectivity index (χ4v) is 1.61. The standard InChI is InChI=1S/C12H16INO2/c1-4-9(2)14(3)12(15)8-6-10-5-7-11(13)16-10/h5-9H,4H2,1-3H3/b8-6+. The Morgan fingerprint density at radius 2 is 2.31 bits per heavy atom. The van der Waals surface area contributed by atoms with Gasteiger partial charge in [-0.25, -0.2) is 0 Å². The number of likely N-dealkylation sites (N-methyl/N-ethyl adjacent to an activating group) is 1. The maximum absolute atomic E-state index is 11.7. The van der Waals surface area contributed by atoms with Crippen LogP contribution >= 0.6 is 22.6 Å². The Bertz CT molecular complexity index is 384. The molecule has 3 nitrogen and oxygen atoms in total. The van der Waals surface area contributed by atoms with Crippen LogP contribution in [0.5, 0.6) is 0 Å². The second-order valence-corrected chi connectivity index (χ2v) is 4.74. The second kappa shape index (κ2) is 6.08. The molecular formula is C12H16INO2. The van der Waals surface area contributed by atoms with E-state index in [9.17, 15) is 4.79 Å². The fourth-order valence-electron chi connectivity index (χ4n) is 1.18. The number of rotatable bonds is 4. The van der Waals surface area contributed by atoms with E-state index in [0.29, 0.717) is 5.76 Å². The van der Waals surface area contributed by atoms with Crippen molar-refractivity contribution in [1.29, 1.82) is 0 Å². The topological polar surface area (TPSA) is 33.5 Å². The summed E-state index contributed by atoms with van der Waals surface area (Å²) in [7, 11) is 1.81. The molecule has 88 valence electrons. The molecule has 0 bridgehead atoms. The summed E-state index contributed by atoms with van der Waals surface area (Å²) >= 11 is 2.09. The third-order valence-corrected chi connectivity index (χ3v) is 3.16. The first-order valence-corrected chi connectivity index (χ1v) is 6.32. The summed E-state index contributed by atoms with van der Waals surface area (Å²) in [5, 5.41) is 0. The lowest BCUT2D eigenvalue weighted by Crippen LogP contribution is -2.33. The third-order valence-electron chi connectivity index (χ3n) is 2.58. The Labute approximate surface area is 110 Å². The maximum atomic E-state index is 11.7. The van der Waals surface area contributed by atoms with E-state index in [2.05, 4.69) is 29.5 Å². The molecule has 0 radical (unpaired) electrons. The van der Waals surface area contributed by atoms with Crippen molar-refractivity contribution < 1.29 is 9.21 Å². The molecule has 0 spiro atoms. The van der Waals surface area contributed by atoms with Gasteiger partial charge in [0, 0.05) is 19.2 Å². The molecule has 1 heterocycles. The van der Waals surface area contributed by atoms with Crippen LogP contribution in [0.1, 0.15) is 26.0 Å². The van der Waals surface area contributed by atoms with E-state index in [1.54, 1.807) is 17.1 Å². The number of amides is 1. The Kier molecular flexibility index (Phi) is 5.05. The molecule has 0 saturated carbocycles. The highest BCUT2D eigenvalue weighted by Gasteiger charge is 2.10. The zero-order valence-electron chi connectivity index (χ0n) is 9.74. The quantitative estimate of drug-likeness (QED) is 0.626. The highest BCUT2D eigenvalue weighted by molar-refractivity contribution is 14.1. The number of hydrogen-bond acceptors (Lipinski definition) is 2. The van der Waals surface area contributed by atoms with E-state index in [1.165, 1.54) is 0 Å². The van der Waals surface area contributed by atoms with Crippen molar-refractivity contribution in [3.8, 4) is 0 Å². The van der Waals surface area contributed by atoms with Gasteiger partial charge in [0.1, 0.15) is 5.76 Å². The Morgan fingerprint density at radius 1 is 1.62 bits per heavy atom. The molecule has 0 saturated heterocycles. The Morgan fingerprint density at radius 3 is 2.81 bits per heavy atom. The molecule has 1 amide bonds. The number of furan rings is 1. The van der Waals surface area contributed by atoms with Crippen molar-refractivity contribution >= 4 is 34.6 Å². The SMILES string of the molecule is CCC(C)N(C)C(=O)/C=C/c1ccc(I)o1. The minimum Gasteiger partial charge on any atom is -0.451 e. The van der Waals surface area contributed by atoms with Crippen LogP contribution in [-0.4, -0.2) is 23.9 Å². The van der Waals surface area contributed by atoms with Gasteiger partial charge in [0.25, 0.3) is 0 Å². The van der Waals surface area contributed by atoms with Crippen LogP contribution in [0.25, 0.3) is 6.08 Å². The van der Waals surface area contributed by atoms with Gasteiger partial charge in [-0.3, -0.25) is 4.79 Å². The number of nitrogens with zero attached hydrogens (tertiary/aromatic N) is 1. The molecule has 1 rings (SSSR count). The van der Waals surface area contributed by atoms with E-state index in [1.807, 2.05) is 26.1 Å². The van der Waals surface area contributed by atoms with Crippen molar-refractivity contribution in [3.63, 3.8) is 0 Å². The zero-order chi connectivity index (χ0) is 12.1. The van der Waals surface area contributed by atoms with E-state index in [4.69, 9.17) is 4.42 Å². The minimum absolute atomic E-state index is 0.000702. The van der Waals surface area contributed by atoms with Gasteiger partial charge < -0.3 is 9.32 Å². The fraction of sp³-hybridized carbons (Fsp3) is 0.417. The summed E-state index contributed by atoms with van der Waals surface area (Å²) in [6, 6.07) is 3.96. The normalized spacial score (nSPS) is 13.0. The molecule has 16 heavy (non-hydrogen) atoms. The molecule has 0 N–H and O–H groups in total. The van der Waals surface area contributed by atoms with Gasteiger partial charge in [-0.15, -0.1) is 0 Å². The minimum atomic E-state index is 0.000702. The van der Waals surface area contributed by atoms with Crippen LogP contribution in [0.3, 0.4) is 0 Å². The summed E-state index contributed by atoms with van der Waals surface area (Å²) in [5.74, 6) is 0.705. The van der Waals surface area contributed by atoms with Crippen LogP contribution in [0, 0.1) is 3.77 Å². The van der Waals surface area contributed by atoms with Crippen molar-refractivity contribution in [2.24, 2.45) is 0 Å². The first-order valence-electron chi connectivity index (χ1n) is 5.24. The number of carbonyl (C=O) groups excluding carboxylic acids is 1. The smallest absolute Gasteiger partial charge is 0.246 e. The van der Waals surface area contributed by atoms with Crippen molar-refractivity contribution in [3.05, 3.63) is 27.7 Å². The van der Waals surface area contributed by atoms with Gasteiger partial charge in [-0.05, 0) is 54.1 Å². The second-order valence-electron chi connectivity index (χ2n) is 3.68. The molecular weight excluding hydrogens is 317 g/mol. The van der Waals surface area contributed by atoms with E-state index in [0.717, 1.165) is 10.2 Å². The highest BCUT2D eigenvalue weighted by atomic mass is 127. The average Bonchev–Trinajstić information content (AvgIpc) is 2.69. The van der Waals surface area contributed by atoms with Gasteiger partial charge in [0.2, 0.25) is 5.91 Å². The lowest BCUT2D eigenvalue weighted by atomic mass is 10.2. The van der Waals surface area contributed by atoms with Crippen LogP contribution < -0.4 is 0 Å². The maximum Gasteiger partial charge on any atom is 0.246 e. The predicted octanol–water partition coefficient (Wildman–Crippen LogP) is 3.15. The van der Waals surface area contributed by atoms with Gasteiger partial charge in [0.15, 0.2) is 3.77 Å². The highest BCUT2D eigenvalue weighted by Crippen LogP contribution is 2.11. The van der Waals surface area contributed by atoms with Gasteiger partial charge >= 0.3 is 0 Å². The molecule has 1 atom stereocenters. The molecule has 1 unspecified atom stereocenters. The van der Waals surface area contributed by atoms with Crippen LogP contribution in [-0.2, 0) is 4.79 Å². The molecule has 0 aliphatic rings. The molecule has 0 fully saturated rings. The molecule has 0 aliphatic heterocycles. The van der Waals surface area contributed by atoms with E-state index in [-0.39, 0.29) is 11.9 Å². The lowest BCUT2D eigenvalue weighted by Gasteiger charge is -2.22. The van der Waals surface area contributed by atoms with Crippen molar-refractivity contribution in [2.75, 3.05) is 7.05 Å². The van der Waals surface area contributed by atoms with Crippen molar-refractivity contribution in [2.45, 2.75) is 26.3 Å². The molecule has 0 aliphatic carbocycles. The predicted molar refractivity (Wildman–Crippen MR) is 73.0 cm³/mol. The monoisotopic (exact) mass is 333 g/mol.